The predicted octanol–water partition coefficient (Wildman–Crippen LogP) is 3.85. The normalized spacial score (nSPS) is 13.5. The number of hydrogen-bond donors (Lipinski definition) is 2. The fraction of sp³-hybridized carbons (Fsp3) is 0.227. The Hall–Kier alpha value is -3.68. The summed E-state index contributed by atoms with van der Waals surface area (Å²) in [6, 6.07) is 14.9. The van der Waals surface area contributed by atoms with E-state index >= 15 is 0 Å². The molecular weight excluding hydrogens is 383 g/mol. The largest absolute Gasteiger partial charge is 0.497 e. The van der Waals surface area contributed by atoms with E-state index in [0.717, 1.165) is 18.4 Å². The molecule has 3 N–H and O–H groups in total. The zero-order valence-electron chi connectivity index (χ0n) is 16.5. The van der Waals surface area contributed by atoms with Gasteiger partial charge in [0.25, 0.3) is 0 Å². The molecule has 0 atom stereocenters. The van der Waals surface area contributed by atoms with Crippen molar-refractivity contribution in [2.24, 2.45) is 0 Å². The molecule has 0 saturated heterocycles. The van der Waals surface area contributed by atoms with Gasteiger partial charge in [0.15, 0.2) is 5.65 Å². The Kier molecular flexibility index (Phi) is 4.46. The smallest absolute Gasteiger partial charge is 0.225 e. The SMILES string of the molecule is COc1ccc(-c2nc(NC3CC3)nc3nn(Cc4ccccc4)c(N)c23)c(F)c1. The van der Waals surface area contributed by atoms with E-state index in [9.17, 15) is 4.39 Å². The fourth-order valence-electron chi connectivity index (χ4n) is 3.42. The quantitative estimate of drug-likeness (QED) is 0.507. The highest BCUT2D eigenvalue weighted by Gasteiger charge is 2.25. The molecule has 1 saturated carbocycles. The Labute approximate surface area is 172 Å². The highest BCUT2D eigenvalue weighted by Crippen LogP contribution is 2.35. The maximum absolute atomic E-state index is 14.9. The van der Waals surface area contributed by atoms with Crippen LogP contribution < -0.4 is 15.8 Å². The Morgan fingerprint density at radius 1 is 1.17 bits per heavy atom. The number of fused-ring (bicyclic) bond motifs is 1. The van der Waals surface area contributed by atoms with Gasteiger partial charge in [0, 0.05) is 17.7 Å². The molecule has 1 fully saturated rings. The highest BCUT2D eigenvalue weighted by molar-refractivity contribution is 5.99. The van der Waals surface area contributed by atoms with E-state index in [-0.39, 0.29) is 0 Å². The summed E-state index contributed by atoms with van der Waals surface area (Å²) in [7, 11) is 1.50. The molecule has 152 valence electrons. The number of methoxy groups -OCH3 is 1. The fourth-order valence-corrected chi connectivity index (χ4v) is 3.42. The van der Waals surface area contributed by atoms with Crippen LogP contribution in [-0.4, -0.2) is 32.9 Å². The lowest BCUT2D eigenvalue weighted by molar-refractivity contribution is 0.411. The van der Waals surface area contributed by atoms with E-state index in [1.54, 1.807) is 16.8 Å². The van der Waals surface area contributed by atoms with Gasteiger partial charge in [-0.25, -0.2) is 14.1 Å². The topological polar surface area (TPSA) is 90.9 Å². The molecule has 5 rings (SSSR count). The lowest BCUT2D eigenvalue weighted by Crippen LogP contribution is -2.07. The summed E-state index contributed by atoms with van der Waals surface area (Å²) in [5, 5.41) is 8.42. The Morgan fingerprint density at radius 3 is 2.67 bits per heavy atom. The summed E-state index contributed by atoms with van der Waals surface area (Å²) >= 11 is 0. The van der Waals surface area contributed by atoms with Crippen LogP contribution in [0.25, 0.3) is 22.3 Å². The number of nitrogens with two attached hydrogens (primary N) is 1. The van der Waals surface area contributed by atoms with Crippen LogP contribution in [0, 0.1) is 5.82 Å². The number of anilines is 2. The Bertz CT molecular complexity index is 1220. The van der Waals surface area contributed by atoms with Crippen LogP contribution in [0.2, 0.25) is 0 Å². The standard InChI is InChI=1S/C22H21FN6O/c1-30-15-9-10-16(17(23)11-15)19-18-20(24)29(12-13-5-3-2-4-6-13)28-21(18)27-22(26-19)25-14-7-8-14/h2-6,9-11,14H,7-8,12,24H2,1H3,(H,25,27,28). The molecule has 8 heteroatoms. The Morgan fingerprint density at radius 2 is 1.97 bits per heavy atom. The minimum absolute atomic E-state index is 0.327. The number of ether oxygens (including phenoxy) is 1. The zero-order chi connectivity index (χ0) is 20.7. The van der Waals surface area contributed by atoms with Gasteiger partial charge < -0.3 is 15.8 Å². The monoisotopic (exact) mass is 404 g/mol. The highest BCUT2D eigenvalue weighted by atomic mass is 19.1. The summed E-state index contributed by atoms with van der Waals surface area (Å²) in [5.74, 6) is 0.823. The number of nitrogen functional groups attached to an aromatic ring is 1. The molecule has 7 nitrogen and oxygen atoms in total. The number of aromatic nitrogens is 4. The first-order chi connectivity index (χ1) is 14.6. The molecule has 2 aromatic carbocycles. The number of hydrogen-bond acceptors (Lipinski definition) is 6. The van der Waals surface area contributed by atoms with Crippen LogP contribution >= 0.6 is 0 Å². The van der Waals surface area contributed by atoms with Gasteiger partial charge in [-0.3, -0.25) is 0 Å². The van der Waals surface area contributed by atoms with Gasteiger partial charge in [0.05, 0.1) is 24.7 Å². The van der Waals surface area contributed by atoms with Crippen molar-refractivity contribution in [3.05, 3.63) is 59.9 Å². The van der Waals surface area contributed by atoms with Crippen LogP contribution in [0.5, 0.6) is 5.75 Å². The van der Waals surface area contributed by atoms with Gasteiger partial charge in [0.1, 0.15) is 17.4 Å². The third kappa shape index (κ3) is 3.41. The maximum Gasteiger partial charge on any atom is 0.225 e. The second kappa shape index (κ2) is 7.29. The molecule has 0 bridgehead atoms. The van der Waals surface area contributed by atoms with Crippen LogP contribution in [0.15, 0.2) is 48.5 Å². The third-order valence-corrected chi connectivity index (χ3v) is 5.16. The average Bonchev–Trinajstić information content (AvgIpc) is 3.51. The number of benzene rings is 2. The van der Waals surface area contributed by atoms with Crippen molar-refractivity contribution in [1.29, 1.82) is 0 Å². The molecule has 0 spiro atoms. The molecule has 0 aliphatic heterocycles. The lowest BCUT2D eigenvalue weighted by Gasteiger charge is -2.09. The van der Waals surface area contributed by atoms with Crippen LogP contribution in [0.1, 0.15) is 18.4 Å². The first-order valence-corrected chi connectivity index (χ1v) is 9.81. The summed E-state index contributed by atoms with van der Waals surface area (Å²) in [6.07, 6.45) is 2.14. The first kappa shape index (κ1) is 18.4. The number of nitrogens with zero attached hydrogens (tertiary/aromatic N) is 4. The Balaban J connectivity index is 1.67. The van der Waals surface area contributed by atoms with Gasteiger partial charge >= 0.3 is 0 Å². The van der Waals surface area contributed by atoms with Gasteiger partial charge in [-0.15, -0.1) is 5.10 Å². The average molecular weight is 404 g/mol. The second-order valence-electron chi connectivity index (χ2n) is 7.39. The minimum Gasteiger partial charge on any atom is -0.497 e. The number of nitrogens with one attached hydrogen (secondary N) is 1. The summed E-state index contributed by atoms with van der Waals surface area (Å²) < 4.78 is 21.7. The van der Waals surface area contributed by atoms with Crippen molar-refractivity contribution in [3.8, 4) is 17.0 Å². The molecule has 30 heavy (non-hydrogen) atoms. The molecule has 2 heterocycles. The molecule has 2 aromatic heterocycles. The molecule has 4 aromatic rings. The van der Waals surface area contributed by atoms with E-state index in [4.69, 9.17) is 10.5 Å². The molecule has 0 radical (unpaired) electrons. The van der Waals surface area contributed by atoms with Crippen molar-refractivity contribution in [1.82, 2.24) is 19.7 Å². The van der Waals surface area contributed by atoms with Crippen molar-refractivity contribution in [2.45, 2.75) is 25.4 Å². The minimum atomic E-state index is -0.443. The van der Waals surface area contributed by atoms with E-state index in [0.29, 0.717) is 52.4 Å². The molecular formula is C22H21FN6O. The number of rotatable bonds is 6. The van der Waals surface area contributed by atoms with Gasteiger partial charge in [-0.2, -0.15) is 4.98 Å². The van der Waals surface area contributed by atoms with Gasteiger partial charge in [-0.05, 0) is 30.5 Å². The second-order valence-corrected chi connectivity index (χ2v) is 7.39. The summed E-state index contributed by atoms with van der Waals surface area (Å²) in [6.45, 7) is 0.485. The van der Waals surface area contributed by atoms with Crippen molar-refractivity contribution in [2.75, 3.05) is 18.2 Å². The third-order valence-electron chi connectivity index (χ3n) is 5.16. The van der Waals surface area contributed by atoms with Crippen molar-refractivity contribution < 1.29 is 9.13 Å². The van der Waals surface area contributed by atoms with Crippen LogP contribution in [-0.2, 0) is 6.54 Å². The lowest BCUT2D eigenvalue weighted by atomic mass is 10.1. The van der Waals surface area contributed by atoms with E-state index in [1.807, 2.05) is 30.3 Å². The zero-order valence-corrected chi connectivity index (χ0v) is 16.5. The molecule has 0 unspecified atom stereocenters. The molecule has 1 aliphatic carbocycles. The first-order valence-electron chi connectivity index (χ1n) is 9.81. The molecule has 1 aliphatic rings. The van der Waals surface area contributed by atoms with E-state index in [1.165, 1.54) is 13.2 Å². The van der Waals surface area contributed by atoms with Crippen LogP contribution in [0.3, 0.4) is 0 Å². The van der Waals surface area contributed by atoms with Crippen molar-refractivity contribution >= 4 is 22.8 Å². The van der Waals surface area contributed by atoms with Crippen molar-refractivity contribution in [3.63, 3.8) is 0 Å². The van der Waals surface area contributed by atoms with E-state index in [2.05, 4.69) is 20.4 Å². The van der Waals surface area contributed by atoms with E-state index < -0.39 is 5.82 Å². The molecule has 0 amide bonds. The van der Waals surface area contributed by atoms with Crippen LogP contribution in [0.4, 0.5) is 16.2 Å². The van der Waals surface area contributed by atoms with Gasteiger partial charge in [-0.1, -0.05) is 30.3 Å². The summed E-state index contributed by atoms with van der Waals surface area (Å²) in [5.41, 5.74) is 8.68. The number of halogens is 1. The maximum atomic E-state index is 14.9. The summed E-state index contributed by atoms with van der Waals surface area (Å²) in [4.78, 5) is 9.16. The van der Waals surface area contributed by atoms with Gasteiger partial charge in [0.2, 0.25) is 5.95 Å². The predicted molar refractivity (Wildman–Crippen MR) is 114 cm³/mol.